The van der Waals surface area contributed by atoms with Crippen molar-refractivity contribution in [3.8, 4) is 0 Å². The number of hydrogen-bond acceptors (Lipinski definition) is 2. The van der Waals surface area contributed by atoms with Gasteiger partial charge >= 0.3 is 0 Å². The molecule has 1 N–H and O–H groups in total. The van der Waals surface area contributed by atoms with Gasteiger partial charge in [0.25, 0.3) is 0 Å². The molecule has 1 aliphatic carbocycles. The molecule has 1 heterocycles. The highest BCUT2D eigenvalue weighted by Gasteiger charge is 2.45. The van der Waals surface area contributed by atoms with E-state index in [0.717, 1.165) is 25.6 Å². The highest BCUT2D eigenvalue weighted by Crippen LogP contribution is 2.42. The molecule has 2 unspecified atom stereocenters. The minimum absolute atomic E-state index is 0.300. The van der Waals surface area contributed by atoms with E-state index < -0.39 is 0 Å². The summed E-state index contributed by atoms with van der Waals surface area (Å²) in [6, 6.07) is 11.3. The predicted molar refractivity (Wildman–Crippen MR) is 80.1 cm³/mol. The van der Waals surface area contributed by atoms with E-state index in [2.05, 4.69) is 54.1 Å². The summed E-state index contributed by atoms with van der Waals surface area (Å²) in [4.78, 5) is 2.58. The van der Waals surface area contributed by atoms with Crippen molar-refractivity contribution in [2.45, 2.75) is 31.3 Å². The van der Waals surface area contributed by atoms with Gasteiger partial charge in [-0.15, -0.1) is 6.58 Å². The van der Waals surface area contributed by atoms with Crippen LogP contribution in [0.2, 0.25) is 0 Å². The van der Waals surface area contributed by atoms with E-state index >= 15 is 0 Å². The lowest BCUT2D eigenvalue weighted by molar-refractivity contribution is 0.0854. The van der Waals surface area contributed by atoms with Crippen LogP contribution < -0.4 is 5.32 Å². The zero-order valence-electron chi connectivity index (χ0n) is 11.8. The molecular formula is C17H24N2. The number of benzene rings is 1. The second-order valence-corrected chi connectivity index (χ2v) is 6.22. The monoisotopic (exact) mass is 256 g/mol. The van der Waals surface area contributed by atoms with Gasteiger partial charge in [-0.3, -0.25) is 4.90 Å². The molecule has 19 heavy (non-hydrogen) atoms. The van der Waals surface area contributed by atoms with E-state index in [4.69, 9.17) is 0 Å². The van der Waals surface area contributed by atoms with Crippen molar-refractivity contribution in [2.24, 2.45) is 5.92 Å². The van der Waals surface area contributed by atoms with Crippen molar-refractivity contribution in [1.82, 2.24) is 10.2 Å². The van der Waals surface area contributed by atoms with Crippen molar-refractivity contribution < 1.29 is 0 Å². The number of rotatable bonds is 4. The molecule has 3 rings (SSSR count). The first kappa shape index (κ1) is 12.9. The van der Waals surface area contributed by atoms with Crippen LogP contribution in [0, 0.1) is 5.92 Å². The molecule has 1 saturated heterocycles. The summed E-state index contributed by atoms with van der Waals surface area (Å²) in [5.41, 5.74) is 1.71. The Morgan fingerprint density at radius 1 is 1.37 bits per heavy atom. The SMILES string of the molecule is C=CCN1CC(C)(C2CC2)NCC1c1ccccc1. The van der Waals surface area contributed by atoms with Crippen LogP contribution in [0.3, 0.4) is 0 Å². The van der Waals surface area contributed by atoms with Crippen LogP contribution in [0.1, 0.15) is 31.4 Å². The summed E-state index contributed by atoms with van der Waals surface area (Å²) in [6.45, 7) is 9.47. The van der Waals surface area contributed by atoms with Crippen LogP contribution in [0.25, 0.3) is 0 Å². The summed E-state index contributed by atoms with van der Waals surface area (Å²) in [7, 11) is 0. The molecule has 1 aromatic rings. The maximum atomic E-state index is 3.93. The molecule has 0 radical (unpaired) electrons. The van der Waals surface area contributed by atoms with E-state index in [1.807, 2.05) is 6.08 Å². The van der Waals surface area contributed by atoms with Gasteiger partial charge in [-0.25, -0.2) is 0 Å². The first-order chi connectivity index (χ1) is 9.23. The van der Waals surface area contributed by atoms with Gasteiger partial charge in [0.15, 0.2) is 0 Å². The Kier molecular flexibility index (Phi) is 3.46. The Bertz CT molecular complexity index is 438. The fourth-order valence-corrected chi connectivity index (χ4v) is 3.40. The fourth-order valence-electron chi connectivity index (χ4n) is 3.40. The van der Waals surface area contributed by atoms with Crippen LogP contribution in [-0.4, -0.2) is 30.1 Å². The van der Waals surface area contributed by atoms with Gasteiger partial charge < -0.3 is 5.32 Å². The fraction of sp³-hybridized carbons (Fsp3) is 0.529. The van der Waals surface area contributed by atoms with E-state index in [0.29, 0.717) is 11.6 Å². The van der Waals surface area contributed by atoms with Gasteiger partial charge in [0, 0.05) is 31.2 Å². The molecule has 1 aromatic carbocycles. The summed E-state index contributed by atoms with van der Waals surface area (Å²) >= 11 is 0. The van der Waals surface area contributed by atoms with Gasteiger partial charge in [-0.2, -0.15) is 0 Å². The Hall–Kier alpha value is -1.12. The number of nitrogens with one attached hydrogen (secondary N) is 1. The zero-order chi connectivity index (χ0) is 13.3. The maximum absolute atomic E-state index is 3.93. The summed E-state index contributed by atoms with van der Waals surface area (Å²) in [6.07, 6.45) is 4.82. The van der Waals surface area contributed by atoms with Crippen molar-refractivity contribution in [3.63, 3.8) is 0 Å². The molecule has 0 amide bonds. The minimum atomic E-state index is 0.300. The van der Waals surface area contributed by atoms with E-state index in [9.17, 15) is 0 Å². The second kappa shape index (κ2) is 5.10. The first-order valence-corrected chi connectivity index (χ1v) is 7.38. The third-order valence-electron chi connectivity index (χ3n) is 4.70. The molecule has 0 aromatic heterocycles. The van der Waals surface area contributed by atoms with Gasteiger partial charge in [-0.1, -0.05) is 36.4 Å². The molecule has 0 bridgehead atoms. The number of piperazine rings is 1. The molecule has 1 aliphatic heterocycles. The summed E-state index contributed by atoms with van der Waals surface area (Å²) in [5, 5.41) is 3.82. The van der Waals surface area contributed by atoms with Crippen LogP contribution >= 0.6 is 0 Å². The Labute approximate surface area is 116 Å². The largest absolute Gasteiger partial charge is 0.308 e. The van der Waals surface area contributed by atoms with Gasteiger partial charge in [0.2, 0.25) is 0 Å². The Morgan fingerprint density at radius 3 is 2.74 bits per heavy atom. The topological polar surface area (TPSA) is 15.3 Å². The lowest BCUT2D eigenvalue weighted by Gasteiger charge is -2.46. The molecule has 102 valence electrons. The van der Waals surface area contributed by atoms with Crippen molar-refractivity contribution in [3.05, 3.63) is 48.6 Å². The summed E-state index contributed by atoms with van der Waals surface area (Å²) < 4.78 is 0. The Balaban J connectivity index is 1.79. The molecular weight excluding hydrogens is 232 g/mol. The molecule has 2 aliphatic rings. The quantitative estimate of drug-likeness (QED) is 0.833. The van der Waals surface area contributed by atoms with Crippen LogP contribution in [0.15, 0.2) is 43.0 Å². The van der Waals surface area contributed by atoms with Crippen LogP contribution in [0.5, 0.6) is 0 Å². The normalized spacial score (nSPS) is 32.2. The average Bonchev–Trinajstić information content (AvgIpc) is 3.25. The molecule has 2 heteroatoms. The second-order valence-electron chi connectivity index (χ2n) is 6.22. The van der Waals surface area contributed by atoms with E-state index in [-0.39, 0.29) is 0 Å². The molecule has 1 saturated carbocycles. The number of hydrogen-bond donors (Lipinski definition) is 1. The van der Waals surface area contributed by atoms with Crippen molar-refractivity contribution in [2.75, 3.05) is 19.6 Å². The molecule has 2 atom stereocenters. The molecule has 0 spiro atoms. The third kappa shape index (κ3) is 2.60. The van der Waals surface area contributed by atoms with E-state index in [1.54, 1.807) is 0 Å². The van der Waals surface area contributed by atoms with Gasteiger partial charge in [0.05, 0.1) is 0 Å². The van der Waals surface area contributed by atoms with Crippen LogP contribution in [-0.2, 0) is 0 Å². The van der Waals surface area contributed by atoms with E-state index in [1.165, 1.54) is 18.4 Å². The molecule has 2 nitrogen and oxygen atoms in total. The van der Waals surface area contributed by atoms with Crippen LogP contribution in [0.4, 0.5) is 0 Å². The standard InChI is InChI=1S/C17H24N2/c1-3-11-19-13-17(2,15-9-10-15)18-12-16(19)14-7-5-4-6-8-14/h3-8,15-16,18H,1,9-13H2,2H3. The third-order valence-corrected chi connectivity index (χ3v) is 4.70. The first-order valence-electron chi connectivity index (χ1n) is 7.38. The molecule has 2 fully saturated rings. The Morgan fingerprint density at radius 2 is 2.11 bits per heavy atom. The lowest BCUT2D eigenvalue weighted by Crippen LogP contribution is -2.60. The van der Waals surface area contributed by atoms with Gasteiger partial charge in [0.1, 0.15) is 0 Å². The van der Waals surface area contributed by atoms with Crippen molar-refractivity contribution in [1.29, 1.82) is 0 Å². The minimum Gasteiger partial charge on any atom is -0.308 e. The lowest BCUT2D eigenvalue weighted by atomic mass is 9.89. The highest BCUT2D eigenvalue weighted by molar-refractivity contribution is 5.21. The smallest absolute Gasteiger partial charge is 0.0476 e. The average molecular weight is 256 g/mol. The predicted octanol–water partition coefficient (Wildman–Crippen LogP) is 2.99. The van der Waals surface area contributed by atoms with Gasteiger partial charge in [-0.05, 0) is 31.2 Å². The zero-order valence-corrected chi connectivity index (χ0v) is 11.8. The van der Waals surface area contributed by atoms with Crippen molar-refractivity contribution >= 4 is 0 Å². The number of nitrogens with zero attached hydrogens (tertiary/aromatic N) is 1. The summed E-state index contributed by atoms with van der Waals surface area (Å²) in [5.74, 6) is 0.872. The highest BCUT2D eigenvalue weighted by atomic mass is 15.3. The maximum Gasteiger partial charge on any atom is 0.0476 e.